The molecule has 27 heavy (non-hydrogen) atoms. The summed E-state index contributed by atoms with van der Waals surface area (Å²) >= 11 is 0. The van der Waals surface area contributed by atoms with Crippen LogP contribution < -0.4 is 5.32 Å². The summed E-state index contributed by atoms with van der Waals surface area (Å²) in [7, 11) is -1.98. The SMILES string of the molecule is C=CC(=O)NC1CC(CO)N(S(=O)(=O)c2ccc(-c3ccnn3C)cc2)C1. The lowest BCUT2D eigenvalue weighted by atomic mass is 10.1. The normalized spacial score (nSPS) is 20.5. The molecule has 0 aliphatic carbocycles. The molecule has 2 unspecified atom stereocenters. The number of nitrogens with one attached hydrogen (secondary N) is 1. The molecule has 1 aliphatic rings. The Labute approximate surface area is 158 Å². The van der Waals surface area contributed by atoms with E-state index >= 15 is 0 Å². The van der Waals surface area contributed by atoms with Crippen LogP contribution in [0.1, 0.15) is 6.42 Å². The Balaban J connectivity index is 1.83. The maximum Gasteiger partial charge on any atom is 0.243 e. The minimum Gasteiger partial charge on any atom is -0.395 e. The van der Waals surface area contributed by atoms with E-state index < -0.39 is 16.1 Å². The molecule has 8 nitrogen and oxygen atoms in total. The first-order valence-corrected chi connectivity index (χ1v) is 9.95. The lowest BCUT2D eigenvalue weighted by Crippen LogP contribution is -2.39. The average molecular weight is 390 g/mol. The Bertz CT molecular complexity index is 937. The first-order chi connectivity index (χ1) is 12.9. The van der Waals surface area contributed by atoms with Crippen molar-refractivity contribution in [3.8, 4) is 11.3 Å². The van der Waals surface area contributed by atoms with Crippen molar-refractivity contribution in [2.75, 3.05) is 13.2 Å². The van der Waals surface area contributed by atoms with Crippen molar-refractivity contribution in [2.45, 2.75) is 23.4 Å². The number of amides is 1. The highest BCUT2D eigenvalue weighted by molar-refractivity contribution is 7.89. The molecule has 0 radical (unpaired) electrons. The Morgan fingerprint density at radius 3 is 2.63 bits per heavy atom. The zero-order valence-corrected chi connectivity index (χ0v) is 15.8. The number of carbonyl (C=O) groups is 1. The van der Waals surface area contributed by atoms with E-state index in [2.05, 4.69) is 17.0 Å². The highest BCUT2D eigenvalue weighted by Crippen LogP contribution is 2.28. The van der Waals surface area contributed by atoms with Crippen molar-refractivity contribution in [3.05, 3.63) is 49.2 Å². The van der Waals surface area contributed by atoms with Gasteiger partial charge in [0.05, 0.1) is 23.2 Å². The number of aryl methyl sites for hydroxylation is 1. The third-order valence-corrected chi connectivity index (χ3v) is 6.62. The van der Waals surface area contributed by atoms with Gasteiger partial charge in [-0.3, -0.25) is 9.48 Å². The predicted molar refractivity (Wildman–Crippen MR) is 100 cm³/mol. The van der Waals surface area contributed by atoms with E-state index in [9.17, 15) is 18.3 Å². The van der Waals surface area contributed by atoms with Gasteiger partial charge in [-0.1, -0.05) is 18.7 Å². The van der Waals surface area contributed by atoms with Gasteiger partial charge in [0.1, 0.15) is 0 Å². The number of sulfonamides is 1. The molecule has 2 atom stereocenters. The van der Waals surface area contributed by atoms with Crippen molar-refractivity contribution in [1.82, 2.24) is 19.4 Å². The lowest BCUT2D eigenvalue weighted by molar-refractivity contribution is -0.117. The van der Waals surface area contributed by atoms with Gasteiger partial charge in [0, 0.05) is 25.8 Å². The van der Waals surface area contributed by atoms with Crippen LogP contribution in [0.25, 0.3) is 11.3 Å². The van der Waals surface area contributed by atoms with Crippen LogP contribution in [-0.4, -0.2) is 58.8 Å². The predicted octanol–water partition coefficient (Wildman–Crippen LogP) is 0.513. The van der Waals surface area contributed by atoms with Crippen LogP contribution in [0, 0.1) is 0 Å². The molecule has 1 aromatic heterocycles. The van der Waals surface area contributed by atoms with Gasteiger partial charge in [-0.05, 0) is 36.3 Å². The van der Waals surface area contributed by atoms with E-state index in [0.29, 0.717) is 6.42 Å². The molecule has 9 heteroatoms. The summed E-state index contributed by atoms with van der Waals surface area (Å²) in [6.45, 7) is 3.19. The first-order valence-electron chi connectivity index (χ1n) is 8.51. The second-order valence-electron chi connectivity index (χ2n) is 6.42. The molecule has 0 bridgehead atoms. The number of aromatic nitrogens is 2. The molecule has 1 saturated heterocycles. The van der Waals surface area contributed by atoms with Gasteiger partial charge in [-0.15, -0.1) is 0 Å². The standard InChI is InChI=1S/C18H22N4O4S/c1-3-18(24)20-14-10-15(12-23)22(11-14)27(25,26)16-6-4-13(5-7-16)17-8-9-19-21(17)2/h3-9,14-15,23H,1,10-12H2,2H3,(H,20,24). The summed E-state index contributed by atoms with van der Waals surface area (Å²) in [5.74, 6) is -0.364. The molecule has 1 amide bonds. The van der Waals surface area contributed by atoms with Crippen LogP contribution in [-0.2, 0) is 21.9 Å². The fraction of sp³-hybridized carbons (Fsp3) is 0.333. The van der Waals surface area contributed by atoms with E-state index in [-0.39, 0.29) is 30.0 Å². The maximum absolute atomic E-state index is 13.0. The topological polar surface area (TPSA) is 105 Å². The summed E-state index contributed by atoms with van der Waals surface area (Å²) in [4.78, 5) is 11.6. The van der Waals surface area contributed by atoms with E-state index in [4.69, 9.17) is 0 Å². The zero-order chi connectivity index (χ0) is 19.6. The quantitative estimate of drug-likeness (QED) is 0.700. The van der Waals surface area contributed by atoms with Gasteiger partial charge in [-0.25, -0.2) is 8.42 Å². The van der Waals surface area contributed by atoms with Crippen molar-refractivity contribution in [2.24, 2.45) is 7.05 Å². The number of hydrogen-bond donors (Lipinski definition) is 2. The maximum atomic E-state index is 13.0. The van der Waals surface area contributed by atoms with Crippen LogP contribution in [0.2, 0.25) is 0 Å². The molecular weight excluding hydrogens is 368 g/mol. The number of carbonyl (C=O) groups excluding carboxylic acids is 1. The first kappa shape index (κ1) is 19.3. The highest BCUT2D eigenvalue weighted by atomic mass is 32.2. The molecule has 0 spiro atoms. The molecule has 0 saturated carbocycles. The second-order valence-corrected chi connectivity index (χ2v) is 8.31. The number of benzene rings is 1. The van der Waals surface area contributed by atoms with Crippen LogP contribution in [0.4, 0.5) is 0 Å². The van der Waals surface area contributed by atoms with Crippen LogP contribution in [0.5, 0.6) is 0 Å². The smallest absolute Gasteiger partial charge is 0.243 e. The minimum atomic E-state index is -3.80. The van der Waals surface area contributed by atoms with Gasteiger partial charge in [0.25, 0.3) is 0 Å². The van der Waals surface area contributed by atoms with Gasteiger partial charge in [-0.2, -0.15) is 9.40 Å². The van der Waals surface area contributed by atoms with Crippen molar-refractivity contribution in [3.63, 3.8) is 0 Å². The third kappa shape index (κ3) is 3.80. The van der Waals surface area contributed by atoms with E-state index in [0.717, 1.165) is 17.3 Å². The number of aliphatic hydroxyl groups excluding tert-OH is 1. The van der Waals surface area contributed by atoms with E-state index in [1.54, 1.807) is 35.1 Å². The fourth-order valence-electron chi connectivity index (χ4n) is 3.30. The van der Waals surface area contributed by atoms with E-state index in [1.807, 2.05) is 13.1 Å². The molecule has 1 aromatic carbocycles. The van der Waals surface area contributed by atoms with E-state index in [1.165, 1.54) is 4.31 Å². The average Bonchev–Trinajstić information content (AvgIpc) is 3.28. The van der Waals surface area contributed by atoms with Gasteiger partial charge in [0.2, 0.25) is 15.9 Å². The highest BCUT2D eigenvalue weighted by Gasteiger charge is 2.40. The van der Waals surface area contributed by atoms with Crippen molar-refractivity contribution >= 4 is 15.9 Å². The molecule has 2 aromatic rings. The number of hydrogen-bond acceptors (Lipinski definition) is 5. The molecule has 1 fully saturated rings. The number of nitrogens with zero attached hydrogens (tertiary/aromatic N) is 3. The zero-order valence-electron chi connectivity index (χ0n) is 14.9. The number of rotatable bonds is 6. The Hall–Kier alpha value is -2.49. The third-order valence-electron chi connectivity index (χ3n) is 4.68. The Kier molecular flexibility index (Phi) is 5.45. The summed E-state index contributed by atoms with van der Waals surface area (Å²) in [6.07, 6.45) is 3.17. The van der Waals surface area contributed by atoms with Crippen LogP contribution in [0.3, 0.4) is 0 Å². The summed E-state index contributed by atoms with van der Waals surface area (Å²) in [6, 6.07) is 7.44. The van der Waals surface area contributed by atoms with Crippen molar-refractivity contribution < 1.29 is 18.3 Å². The lowest BCUT2D eigenvalue weighted by Gasteiger charge is -2.22. The van der Waals surface area contributed by atoms with Gasteiger partial charge < -0.3 is 10.4 Å². The van der Waals surface area contributed by atoms with Gasteiger partial charge in [0.15, 0.2) is 0 Å². The monoisotopic (exact) mass is 390 g/mol. The van der Waals surface area contributed by atoms with Crippen LogP contribution in [0.15, 0.2) is 54.1 Å². The van der Waals surface area contributed by atoms with Crippen molar-refractivity contribution in [1.29, 1.82) is 0 Å². The largest absolute Gasteiger partial charge is 0.395 e. The second kappa shape index (κ2) is 7.63. The van der Waals surface area contributed by atoms with Crippen LogP contribution >= 0.6 is 0 Å². The minimum absolute atomic E-state index is 0.108. The Morgan fingerprint density at radius 2 is 2.07 bits per heavy atom. The molecular formula is C18H22N4O4S. The molecule has 144 valence electrons. The fourth-order valence-corrected chi connectivity index (χ4v) is 4.97. The number of aliphatic hydroxyl groups is 1. The Morgan fingerprint density at radius 1 is 1.37 bits per heavy atom. The summed E-state index contributed by atoms with van der Waals surface area (Å²) in [5.41, 5.74) is 1.73. The summed E-state index contributed by atoms with van der Waals surface area (Å²) < 4.78 is 29.0. The molecule has 1 aliphatic heterocycles. The molecule has 3 rings (SSSR count). The molecule has 2 N–H and O–H groups in total. The molecule has 2 heterocycles. The van der Waals surface area contributed by atoms with Gasteiger partial charge >= 0.3 is 0 Å². The summed E-state index contributed by atoms with van der Waals surface area (Å²) in [5, 5.41) is 16.4.